The van der Waals surface area contributed by atoms with Gasteiger partial charge in [0.1, 0.15) is 0 Å². The lowest BCUT2D eigenvalue weighted by Gasteiger charge is -2.20. The molecular weight excluding hydrogens is 342 g/mol. The monoisotopic (exact) mass is 361 g/mol. The normalized spacial score (nSPS) is 18.6. The highest BCUT2D eigenvalue weighted by Gasteiger charge is 2.36. The van der Waals surface area contributed by atoms with Crippen LogP contribution in [0.4, 0.5) is 0 Å². The Hall–Kier alpha value is -3.21. The van der Waals surface area contributed by atoms with Crippen LogP contribution < -0.4 is 0 Å². The van der Waals surface area contributed by atoms with E-state index in [2.05, 4.69) is 0 Å². The molecule has 4 rings (SSSR count). The van der Waals surface area contributed by atoms with E-state index in [-0.39, 0.29) is 30.7 Å². The Bertz CT molecular complexity index is 941. The van der Waals surface area contributed by atoms with Crippen LogP contribution in [-0.2, 0) is 11.2 Å². The highest BCUT2D eigenvalue weighted by atomic mass is 16.4. The molecule has 0 bridgehead atoms. The summed E-state index contributed by atoms with van der Waals surface area (Å²) in [5.41, 5.74) is 3.92. The minimum Gasteiger partial charge on any atom is -0.481 e. The molecule has 27 heavy (non-hydrogen) atoms. The molecule has 2 aromatic rings. The first-order chi connectivity index (χ1) is 13.0. The predicted octanol–water partition coefficient (Wildman–Crippen LogP) is 3.41. The second-order valence-electron chi connectivity index (χ2n) is 7.01. The van der Waals surface area contributed by atoms with Crippen molar-refractivity contribution in [3.8, 4) is 0 Å². The van der Waals surface area contributed by atoms with Crippen LogP contribution in [0.2, 0.25) is 0 Å². The summed E-state index contributed by atoms with van der Waals surface area (Å²) < 4.78 is 0. The molecule has 1 aliphatic heterocycles. The molecule has 2 aliphatic rings. The first kappa shape index (κ1) is 17.2. The van der Waals surface area contributed by atoms with Gasteiger partial charge in [-0.25, -0.2) is 0 Å². The number of amides is 2. The number of rotatable bonds is 4. The van der Waals surface area contributed by atoms with Crippen LogP contribution in [0.5, 0.6) is 0 Å². The highest BCUT2D eigenvalue weighted by molar-refractivity contribution is 6.21. The number of fused-ring (bicyclic) bond motifs is 2. The zero-order valence-corrected chi connectivity index (χ0v) is 14.7. The number of carboxylic acids is 1. The van der Waals surface area contributed by atoms with E-state index < -0.39 is 5.97 Å². The van der Waals surface area contributed by atoms with E-state index in [1.54, 1.807) is 24.3 Å². The van der Waals surface area contributed by atoms with Crippen LogP contribution in [0, 0.1) is 0 Å². The van der Waals surface area contributed by atoms with Crippen molar-refractivity contribution in [2.24, 2.45) is 0 Å². The number of carbonyl (C=O) groups is 3. The standard InChI is InChI=1S/C22H19NO4/c24-20(25)12-16-11-14(9-10-15-5-1-2-6-17(15)16)13-23-21(26)18-7-3-4-8-19(18)22(23)27/h1-9,16H,10-13H2,(H,24,25). The van der Waals surface area contributed by atoms with Gasteiger partial charge >= 0.3 is 5.97 Å². The Labute approximate surface area is 156 Å². The van der Waals surface area contributed by atoms with E-state index in [0.29, 0.717) is 24.0 Å². The average Bonchev–Trinajstić information content (AvgIpc) is 2.80. The maximum atomic E-state index is 12.6. The fourth-order valence-corrected chi connectivity index (χ4v) is 3.99. The number of benzene rings is 2. The lowest BCUT2D eigenvalue weighted by Crippen LogP contribution is -2.32. The van der Waals surface area contributed by atoms with Gasteiger partial charge in [-0.1, -0.05) is 48.0 Å². The minimum atomic E-state index is -0.850. The van der Waals surface area contributed by atoms with Crippen molar-refractivity contribution in [3.63, 3.8) is 0 Å². The molecule has 1 unspecified atom stereocenters. The van der Waals surface area contributed by atoms with Gasteiger partial charge in [0.05, 0.1) is 24.1 Å². The predicted molar refractivity (Wildman–Crippen MR) is 99.6 cm³/mol. The number of carboxylic acid groups (broad SMARTS) is 1. The lowest BCUT2D eigenvalue weighted by molar-refractivity contribution is -0.137. The van der Waals surface area contributed by atoms with Gasteiger partial charge in [-0.15, -0.1) is 0 Å². The number of nitrogens with zero attached hydrogens (tertiary/aromatic N) is 1. The van der Waals surface area contributed by atoms with Crippen LogP contribution in [-0.4, -0.2) is 34.3 Å². The zero-order valence-electron chi connectivity index (χ0n) is 14.7. The Morgan fingerprint density at radius 3 is 2.30 bits per heavy atom. The molecule has 1 aliphatic carbocycles. The quantitative estimate of drug-likeness (QED) is 0.669. The van der Waals surface area contributed by atoms with E-state index in [1.165, 1.54) is 4.90 Å². The lowest BCUT2D eigenvalue weighted by atomic mass is 9.88. The number of allylic oxidation sites excluding steroid dienone is 1. The van der Waals surface area contributed by atoms with Crippen LogP contribution in [0.1, 0.15) is 50.6 Å². The number of imide groups is 1. The first-order valence-electron chi connectivity index (χ1n) is 8.97. The molecule has 136 valence electrons. The van der Waals surface area contributed by atoms with Gasteiger partial charge in [0.2, 0.25) is 0 Å². The molecule has 2 aromatic carbocycles. The number of carbonyl (C=O) groups excluding carboxylic acids is 2. The SMILES string of the molecule is O=C(O)CC1CC(CN2C(=O)c3ccccc3C2=O)=CCc2ccccc21. The average molecular weight is 361 g/mol. The van der Waals surface area contributed by atoms with Crippen molar-refractivity contribution in [2.45, 2.75) is 25.2 Å². The number of hydrogen-bond donors (Lipinski definition) is 1. The molecule has 5 heteroatoms. The largest absolute Gasteiger partial charge is 0.481 e. The van der Waals surface area contributed by atoms with Gasteiger partial charge in [0.15, 0.2) is 0 Å². The highest BCUT2D eigenvalue weighted by Crippen LogP contribution is 2.34. The Morgan fingerprint density at radius 2 is 1.63 bits per heavy atom. The Morgan fingerprint density at radius 1 is 1.00 bits per heavy atom. The van der Waals surface area contributed by atoms with Crippen molar-refractivity contribution in [1.82, 2.24) is 4.90 Å². The summed E-state index contributed by atoms with van der Waals surface area (Å²) >= 11 is 0. The summed E-state index contributed by atoms with van der Waals surface area (Å²) in [4.78, 5) is 37.9. The summed E-state index contributed by atoms with van der Waals surface area (Å²) in [7, 11) is 0. The minimum absolute atomic E-state index is 0.0243. The molecule has 1 atom stereocenters. The van der Waals surface area contributed by atoms with E-state index >= 15 is 0 Å². The summed E-state index contributed by atoms with van der Waals surface area (Å²) in [5, 5.41) is 9.32. The van der Waals surface area contributed by atoms with Gasteiger partial charge in [-0.3, -0.25) is 19.3 Å². The van der Waals surface area contributed by atoms with Gasteiger partial charge in [-0.05, 0) is 42.0 Å². The first-order valence-corrected chi connectivity index (χ1v) is 8.97. The molecule has 0 radical (unpaired) electrons. The second-order valence-corrected chi connectivity index (χ2v) is 7.01. The van der Waals surface area contributed by atoms with E-state index in [1.807, 2.05) is 30.3 Å². The summed E-state index contributed by atoms with van der Waals surface area (Å²) in [6.45, 7) is 0.205. The molecule has 0 spiro atoms. The Balaban J connectivity index is 1.60. The fraction of sp³-hybridized carbons (Fsp3) is 0.227. The van der Waals surface area contributed by atoms with E-state index in [9.17, 15) is 19.5 Å². The van der Waals surface area contributed by atoms with Gasteiger partial charge in [0, 0.05) is 0 Å². The molecule has 0 fully saturated rings. The van der Waals surface area contributed by atoms with Gasteiger partial charge < -0.3 is 5.11 Å². The summed E-state index contributed by atoms with van der Waals surface area (Å²) in [6.07, 6.45) is 3.25. The van der Waals surface area contributed by atoms with Crippen molar-refractivity contribution in [1.29, 1.82) is 0 Å². The van der Waals surface area contributed by atoms with Crippen LogP contribution in [0.25, 0.3) is 0 Å². The maximum Gasteiger partial charge on any atom is 0.303 e. The van der Waals surface area contributed by atoms with Gasteiger partial charge in [-0.2, -0.15) is 0 Å². The maximum absolute atomic E-state index is 12.6. The molecule has 0 saturated carbocycles. The third-order valence-corrected chi connectivity index (χ3v) is 5.27. The summed E-state index contributed by atoms with van der Waals surface area (Å²) in [5.74, 6) is -1.58. The van der Waals surface area contributed by atoms with E-state index in [0.717, 1.165) is 16.7 Å². The molecule has 1 N–H and O–H groups in total. The molecular formula is C22H19NO4. The fourth-order valence-electron chi connectivity index (χ4n) is 3.99. The van der Waals surface area contributed by atoms with Crippen molar-refractivity contribution < 1.29 is 19.5 Å². The van der Waals surface area contributed by atoms with Crippen LogP contribution in [0.15, 0.2) is 60.2 Å². The molecule has 0 saturated heterocycles. The topological polar surface area (TPSA) is 74.7 Å². The molecule has 5 nitrogen and oxygen atoms in total. The molecule has 1 heterocycles. The van der Waals surface area contributed by atoms with Crippen LogP contribution in [0.3, 0.4) is 0 Å². The van der Waals surface area contributed by atoms with Crippen molar-refractivity contribution >= 4 is 17.8 Å². The van der Waals surface area contributed by atoms with Crippen LogP contribution >= 0.6 is 0 Å². The third-order valence-electron chi connectivity index (χ3n) is 5.27. The van der Waals surface area contributed by atoms with Crippen molar-refractivity contribution in [2.75, 3.05) is 6.54 Å². The van der Waals surface area contributed by atoms with Crippen molar-refractivity contribution in [3.05, 3.63) is 82.4 Å². The smallest absolute Gasteiger partial charge is 0.303 e. The van der Waals surface area contributed by atoms with E-state index in [4.69, 9.17) is 0 Å². The number of aliphatic carboxylic acids is 1. The van der Waals surface area contributed by atoms with Gasteiger partial charge in [0.25, 0.3) is 11.8 Å². The second kappa shape index (κ2) is 6.83. The third kappa shape index (κ3) is 3.16. The summed E-state index contributed by atoms with van der Waals surface area (Å²) in [6, 6.07) is 14.7. The molecule has 2 amide bonds. The Kier molecular flexibility index (Phi) is 4.36. The number of hydrogen-bond acceptors (Lipinski definition) is 3. The molecule has 0 aromatic heterocycles. The zero-order chi connectivity index (χ0) is 19.0.